The van der Waals surface area contributed by atoms with Crippen molar-refractivity contribution in [3.63, 3.8) is 0 Å². The van der Waals surface area contributed by atoms with E-state index in [9.17, 15) is 0 Å². The summed E-state index contributed by atoms with van der Waals surface area (Å²) in [5.41, 5.74) is 16.7. The predicted octanol–water partition coefficient (Wildman–Crippen LogP) is 17.7. The van der Waals surface area contributed by atoms with E-state index in [1.165, 1.54) is 49.4 Å². The van der Waals surface area contributed by atoms with E-state index in [0.29, 0.717) is 0 Å². The number of hydrogen-bond acceptors (Lipinski definition) is 2. The van der Waals surface area contributed by atoms with Crippen molar-refractivity contribution in [2.45, 2.75) is 0 Å². The Kier molecular flexibility index (Phi) is 9.20. The molecule has 12 aromatic rings. The third-order valence-corrected chi connectivity index (χ3v) is 12.6. The highest BCUT2D eigenvalue weighted by Gasteiger charge is 2.22. The Balaban J connectivity index is 1.09. The molecule has 0 atom stereocenters. The van der Waals surface area contributed by atoms with E-state index < -0.39 is 0 Å². The van der Waals surface area contributed by atoms with E-state index in [1.54, 1.807) is 0 Å². The van der Waals surface area contributed by atoms with Crippen LogP contribution in [0.5, 0.6) is 0 Å². The SMILES string of the molecule is c1ccc(-c2ccc(N(c3cccc(-c4ccc5c(c4)c(-c4ccccc4)c(-c4ccccc4)c4ccccc45)c3)c3ccc4c(c3)oc3ccccc34)c(-c3ccccc3)c2)cc1. The first-order valence-electron chi connectivity index (χ1n) is 21.9. The van der Waals surface area contributed by atoms with Crippen molar-refractivity contribution in [2.75, 3.05) is 4.90 Å². The third-order valence-electron chi connectivity index (χ3n) is 12.6. The second kappa shape index (κ2) is 15.8. The van der Waals surface area contributed by atoms with Crippen LogP contribution < -0.4 is 4.90 Å². The summed E-state index contributed by atoms with van der Waals surface area (Å²) < 4.78 is 6.53. The monoisotopic (exact) mass is 815 g/mol. The van der Waals surface area contributed by atoms with Gasteiger partial charge >= 0.3 is 0 Å². The van der Waals surface area contributed by atoms with Gasteiger partial charge in [-0.1, -0.05) is 194 Å². The van der Waals surface area contributed by atoms with Gasteiger partial charge in [-0.3, -0.25) is 0 Å². The second-order valence-corrected chi connectivity index (χ2v) is 16.4. The first kappa shape index (κ1) is 37.3. The van der Waals surface area contributed by atoms with Crippen molar-refractivity contribution in [3.8, 4) is 55.6 Å². The molecule has 0 radical (unpaired) electrons. The van der Waals surface area contributed by atoms with Crippen LogP contribution in [0, 0.1) is 0 Å². The Morgan fingerprint density at radius 2 is 0.734 bits per heavy atom. The van der Waals surface area contributed by atoms with Crippen molar-refractivity contribution in [1.82, 2.24) is 0 Å². The molecule has 0 saturated carbocycles. The quantitative estimate of drug-likeness (QED) is 0.142. The van der Waals surface area contributed by atoms with Gasteiger partial charge in [0.2, 0.25) is 0 Å². The van der Waals surface area contributed by atoms with Gasteiger partial charge in [-0.2, -0.15) is 0 Å². The van der Waals surface area contributed by atoms with E-state index >= 15 is 0 Å². The van der Waals surface area contributed by atoms with E-state index in [2.05, 4.69) is 241 Å². The van der Waals surface area contributed by atoms with Crippen LogP contribution in [0.2, 0.25) is 0 Å². The Labute approximate surface area is 372 Å². The molecule has 0 unspecified atom stereocenters. The predicted molar refractivity (Wildman–Crippen MR) is 271 cm³/mol. The van der Waals surface area contributed by atoms with Gasteiger partial charge in [-0.15, -0.1) is 0 Å². The van der Waals surface area contributed by atoms with E-state index in [4.69, 9.17) is 4.42 Å². The summed E-state index contributed by atoms with van der Waals surface area (Å²) in [7, 11) is 0. The molecule has 0 aliphatic heterocycles. The van der Waals surface area contributed by atoms with Crippen LogP contribution in [0.1, 0.15) is 0 Å². The van der Waals surface area contributed by atoms with Gasteiger partial charge in [0, 0.05) is 33.8 Å². The van der Waals surface area contributed by atoms with Crippen molar-refractivity contribution in [2.24, 2.45) is 0 Å². The lowest BCUT2D eigenvalue weighted by molar-refractivity contribution is 0.669. The van der Waals surface area contributed by atoms with Crippen molar-refractivity contribution >= 4 is 60.5 Å². The molecule has 11 aromatic carbocycles. The molecule has 1 heterocycles. The smallest absolute Gasteiger partial charge is 0.137 e. The summed E-state index contributed by atoms with van der Waals surface area (Å²) in [5, 5.41) is 7.17. The first-order valence-corrected chi connectivity index (χ1v) is 21.9. The fourth-order valence-electron chi connectivity index (χ4n) is 9.68. The largest absolute Gasteiger partial charge is 0.456 e. The highest BCUT2D eigenvalue weighted by Crippen LogP contribution is 2.48. The van der Waals surface area contributed by atoms with Crippen LogP contribution in [-0.4, -0.2) is 0 Å². The Morgan fingerprint density at radius 3 is 1.45 bits per heavy atom. The molecule has 0 saturated heterocycles. The minimum Gasteiger partial charge on any atom is -0.456 e. The number of hydrogen-bond donors (Lipinski definition) is 0. The summed E-state index contributed by atoms with van der Waals surface area (Å²) in [6.45, 7) is 0. The van der Waals surface area contributed by atoms with Gasteiger partial charge < -0.3 is 9.32 Å². The summed E-state index contributed by atoms with van der Waals surface area (Å²) in [4.78, 5) is 2.39. The average molecular weight is 816 g/mol. The number of fused-ring (bicyclic) bond motifs is 6. The number of anilines is 3. The maximum atomic E-state index is 6.53. The zero-order valence-electron chi connectivity index (χ0n) is 35.0. The Bertz CT molecular complexity index is 3650. The van der Waals surface area contributed by atoms with Gasteiger partial charge in [-0.25, -0.2) is 0 Å². The molecule has 0 spiro atoms. The number of nitrogens with zero attached hydrogens (tertiary/aromatic N) is 1. The first-order chi connectivity index (χ1) is 31.7. The highest BCUT2D eigenvalue weighted by atomic mass is 16.3. The van der Waals surface area contributed by atoms with Crippen LogP contribution in [0.25, 0.3) is 99.1 Å². The zero-order chi connectivity index (χ0) is 42.4. The molecular formula is C62H41NO. The zero-order valence-corrected chi connectivity index (χ0v) is 35.0. The molecule has 0 fully saturated rings. The second-order valence-electron chi connectivity index (χ2n) is 16.4. The van der Waals surface area contributed by atoms with Crippen molar-refractivity contribution < 1.29 is 4.42 Å². The van der Waals surface area contributed by atoms with Crippen molar-refractivity contribution in [1.29, 1.82) is 0 Å². The maximum Gasteiger partial charge on any atom is 0.137 e. The molecule has 64 heavy (non-hydrogen) atoms. The molecular weight excluding hydrogens is 775 g/mol. The van der Waals surface area contributed by atoms with E-state index in [0.717, 1.165) is 66.8 Å². The summed E-state index contributed by atoms with van der Waals surface area (Å²) in [6, 6.07) is 89.7. The van der Waals surface area contributed by atoms with Gasteiger partial charge in [0.05, 0.1) is 5.69 Å². The number of benzene rings is 11. The van der Waals surface area contributed by atoms with Crippen LogP contribution >= 0.6 is 0 Å². The highest BCUT2D eigenvalue weighted by molar-refractivity contribution is 6.22. The molecule has 0 bridgehead atoms. The summed E-state index contributed by atoms with van der Waals surface area (Å²) in [6.07, 6.45) is 0. The lowest BCUT2D eigenvalue weighted by Crippen LogP contribution is -2.11. The minimum absolute atomic E-state index is 0.853. The molecule has 1 aromatic heterocycles. The number of furan rings is 1. The molecule has 0 aliphatic carbocycles. The molecule has 300 valence electrons. The number of para-hydroxylation sites is 1. The van der Waals surface area contributed by atoms with E-state index in [-0.39, 0.29) is 0 Å². The van der Waals surface area contributed by atoms with Gasteiger partial charge in [0.25, 0.3) is 0 Å². The molecule has 0 N–H and O–H groups in total. The lowest BCUT2D eigenvalue weighted by atomic mass is 9.84. The van der Waals surface area contributed by atoms with Crippen LogP contribution in [0.15, 0.2) is 253 Å². The Hall–Kier alpha value is -8.46. The normalized spacial score (nSPS) is 11.4. The molecule has 0 amide bonds. The summed E-state index contributed by atoms with van der Waals surface area (Å²) >= 11 is 0. The fourth-order valence-corrected chi connectivity index (χ4v) is 9.68. The van der Waals surface area contributed by atoms with Crippen LogP contribution in [-0.2, 0) is 0 Å². The lowest BCUT2D eigenvalue weighted by Gasteiger charge is -2.29. The molecule has 12 rings (SSSR count). The topological polar surface area (TPSA) is 16.4 Å². The van der Waals surface area contributed by atoms with Gasteiger partial charge in [0.15, 0.2) is 0 Å². The average Bonchev–Trinajstić information content (AvgIpc) is 3.75. The van der Waals surface area contributed by atoms with Crippen molar-refractivity contribution in [3.05, 3.63) is 249 Å². The fraction of sp³-hybridized carbons (Fsp3) is 0. The third kappa shape index (κ3) is 6.52. The Morgan fingerprint density at radius 1 is 0.250 bits per heavy atom. The number of rotatable bonds is 8. The van der Waals surface area contributed by atoms with Crippen LogP contribution in [0.3, 0.4) is 0 Å². The van der Waals surface area contributed by atoms with Gasteiger partial charge in [0.1, 0.15) is 11.2 Å². The molecule has 0 aliphatic rings. The standard InChI is InChI=1S/C62H41NO/c1-5-18-42(19-6-1)47-33-37-58(56(39-47)43-20-7-2-8-21-43)63(50-34-36-54-53-29-15-16-31-59(53)64-60(54)41-50)49-27-17-26-46(38-49)48-32-35-52-51-28-13-14-30-55(51)61(44-22-9-3-10-23-44)62(57(52)40-48)45-24-11-4-12-25-45/h1-41H. The van der Waals surface area contributed by atoms with E-state index in [1.807, 2.05) is 12.1 Å². The molecule has 2 heteroatoms. The minimum atomic E-state index is 0.853. The van der Waals surface area contributed by atoms with Crippen LogP contribution in [0.4, 0.5) is 17.1 Å². The molecule has 2 nitrogen and oxygen atoms in total. The maximum absolute atomic E-state index is 6.53. The van der Waals surface area contributed by atoms with Gasteiger partial charge in [-0.05, 0) is 120 Å². The summed E-state index contributed by atoms with van der Waals surface area (Å²) in [5.74, 6) is 0.